The van der Waals surface area contributed by atoms with E-state index in [1.54, 1.807) is 18.2 Å². The number of halogens is 1. The smallest absolute Gasteiger partial charge is 0.269 e. The van der Waals surface area contributed by atoms with Gasteiger partial charge in [0.15, 0.2) is 0 Å². The SMILES string of the molecule is CNCC1CCCN(Cc2cccc([N+](=O)[O-])c2)C1.Cl. The summed E-state index contributed by atoms with van der Waals surface area (Å²) in [6.07, 6.45) is 2.48. The van der Waals surface area contributed by atoms with Crippen LogP contribution in [0.25, 0.3) is 0 Å². The van der Waals surface area contributed by atoms with Crippen LogP contribution in [0, 0.1) is 16.0 Å². The maximum atomic E-state index is 10.8. The summed E-state index contributed by atoms with van der Waals surface area (Å²) >= 11 is 0. The average Bonchev–Trinajstić information content (AvgIpc) is 2.40. The zero-order chi connectivity index (χ0) is 13.7. The minimum atomic E-state index is -0.330. The van der Waals surface area contributed by atoms with Gasteiger partial charge in [0.2, 0.25) is 0 Å². The van der Waals surface area contributed by atoms with Gasteiger partial charge in [0.1, 0.15) is 0 Å². The molecular weight excluding hydrogens is 278 g/mol. The molecule has 1 atom stereocenters. The quantitative estimate of drug-likeness (QED) is 0.670. The molecule has 1 unspecified atom stereocenters. The van der Waals surface area contributed by atoms with E-state index in [0.29, 0.717) is 5.92 Å². The van der Waals surface area contributed by atoms with Crippen LogP contribution in [0.1, 0.15) is 18.4 Å². The highest BCUT2D eigenvalue weighted by molar-refractivity contribution is 5.85. The van der Waals surface area contributed by atoms with Gasteiger partial charge in [-0.15, -0.1) is 12.4 Å². The lowest BCUT2D eigenvalue weighted by atomic mass is 9.97. The van der Waals surface area contributed by atoms with Crippen molar-refractivity contribution in [1.29, 1.82) is 0 Å². The predicted molar refractivity (Wildman–Crippen MR) is 82.3 cm³/mol. The van der Waals surface area contributed by atoms with Crippen molar-refractivity contribution in [2.75, 3.05) is 26.7 Å². The molecule has 1 heterocycles. The molecule has 0 radical (unpaired) electrons. The minimum absolute atomic E-state index is 0. The van der Waals surface area contributed by atoms with Crippen molar-refractivity contribution in [3.63, 3.8) is 0 Å². The van der Waals surface area contributed by atoms with Crippen molar-refractivity contribution in [2.24, 2.45) is 5.92 Å². The highest BCUT2D eigenvalue weighted by Gasteiger charge is 2.19. The summed E-state index contributed by atoms with van der Waals surface area (Å²) in [6, 6.07) is 6.96. The summed E-state index contributed by atoms with van der Waals surface area (Å²) in [6.45, 7) is 4.01. The summed E-state index contributed by atoms with van der Waals surface area (Å²) in [4.78, 5) is 12.8. The Labute approximate surface area is 125 Å². The Morgan fingerprint density at radius 3 is 3.00 bits per heavy atom. The number of piperidine rings is 1. The van der Waals surface area contributed by atoms with Gasteiger partial charge in [-0.2, -0.15) is 0 Å². The monoisotopic (exact) mass is 299 g/mol. The molecule has 0 saturated carbocycles. The molecule has 6 heteroatoms. The number of nitro benzene ring substituents is 1. The number of nitro groups is 1. The van der Waals surface area contributed by atoms with Crippen LogP contribution in [0.5, 0.6) is 0 Å². The van der Waals surface area contributed by atoms with Crippen LogP contribution in [0.15, 0.2) is 24.3 Å². The third-order valence-corrected chi connectivity index (χ3v) is 3.62. The molecule has 1 saturated heterocycles. The molecule has 2 rings (SSSR count). The fourth-order valence-electron chi connectivity index (χ4n) is 2.78. The van der Waals surface area contributed by atoms with Crippen molar-refractivity contribution in [1.82, 2.24) is 10.2 Å². The van der Waals surface area contributed by atoms with Gasteiger partial charge in [-0.25, -0.2) is 0 Å². The first-order chi connectivity index (χ1) is 9.19. The van der Waals surface area contributed by atoms with Gasteiger partial charge in [0.25, 0.3) is 5.69 Å². The predicted octanol–water partition coefficient (Wildman–Crippen LogP) is 2.45. The Kier molecular flexibility index (Phi) is 6.91. The standard InChI is InChI=1S/C14H21N3O2.ClH/c1-15-9-13-5-3-7-16(11-13)10-12-4-2-6-14(8-12)17(18)19;/h2,4,6,8,13,15H,3,5,7,9-11H2,1H3;1H. The lowest BCUT2D eigenvalue weighted by molar-refractivity contribution is -0.384. The second-order valence-electron chi connectivity index (χ2n) is 5.23. The van der Waals surface area contributed by atoms with Gasteiger partial charge in [-0.1, -0.05) is 12.1 Å². The van der Waals surface area contributed by atoms with E-state index in [9.17, 15) is 10.1 Å². The molecule has 1 aliphatic rings. The van der Waals surface area contributed by atoms with Crippen LogP contribution in [0.3, 0.4) is 0 Å². The van der Waals surface area contributed by atoms with E-state index >= 15 is 0 Å². The third kappa shape index (κ3) is 4.74. The Balaban J connectivity index is 0.00000200. The Hall–Kier alpha value is -1.17. The summed E-state index contributed by atoms with van der Waals surface area (Å²) in [7, 11) is 1.99. The summed E-state index contributed by atoms with van der Waals surface area (Å²) in [5.41, 5.74) is 1.21. The third-order valence-electron chi connectivity index (χ3n) is 3.62. The van der Waals surface area contributed by atoms with Gasteiger partial charge in [-0.3, -0.25) is 15.0 Å². The molecule has 5 nitrogen and oxygen atoms in total. The molecule has 0 spiro atoms. The first kappa shape index (κ1) is 16.9. The Bertz CT molecular complexity index is 440. The average molecular weight is 300 g/mol. The van der Waals surface area contributed by atoms with E-state index in [-0.39, 0.29) is 23.0 Å². The van der Waals surface area contributed by atoms with Crippen molar-refractivity contribution in [2.45, 2.75) is 19.4 Å². The molecule has 20 heavy (non-hydrogen) atoms. The van der Waals surface area contributed by atoms with Crippen molar-refractivity contribution in [3.05, 3.63) is 39.9 Å². The largest absolute Gasteiger partial charge is 0.319 e. The van der Waals surface area contributed by atoms with Crippen LogP contribution in [0.2, 0.25) is 0 Å². The highest BCUT2D eigenvalue weighted by Crippen LogP contribution is 2.20. The summed E-state index contributed by atoms with van der Waals surface area (Å²) in [5, 5.41) is 14.0. The van der Waals surface area contributed by atoms with E-state index in [1.807, 2.05) is 13.1 Å². The van der Waals surface area contributed by atoms with Crippen LogP contribution in [-0.4, -0.2) is 36.5 Å². The van der Waals surface area contributed by atoms with E-state index in [1.165, 1.54) is 12.8 Å². The molecule has 112 valence electrons. The second kappa shape index (κ2) is 8.19. The van der Waals surface area contributed by atoms with Gasteiger partial charge in [-0.05, 0) is 44.5 Å². The molecular formula is C14H22ClN3O2. The number of hydrogen-bond donors (Lipinski definition) is 1. The van der Waals surface area contributed by atoms with E-state index in [4.69, 9.17) is 0 Å². The molecule has 1 aromatic carbocycles. The number of non-ortho nitro benzene ring substituents is 1. The van der Waals surface area contributed by atoms with Crippen molar-refractivity contribution >= 4 is 18.1 Å². The Morgan fingerprint density at radius 2 is 2.30 bits per heavy atom. The Morgan fingerprint density at radius 1 is 1.50 bits per heavy atom. The number of hydrogen-bond acceptors (Lipinski definition) is 4. The van der Waals surface area contributed by atoms with Crippen LogP contribution in [0.4, 0.5) is 5.69 Å². The van der Waals surface area contributed by atoms with Crippen LogP contribution < -0.4 is 5.32 Å². The fourth-order valence-corrected chi connectivity index (χ4v) is 2.78. The summed E-state index contributed by atoms with van der Waals surface area (Å²) < 4.78 is 0. The maximum Gasteiger partial charge on any atom is 0.269 e. The topological polar surface area (TPSA) is 58.4 Å². The molecule has 0 aliphatic carbocycles. The van der Waals surface area contributed by atoms with E-state index in [0.717, 1.165) is 31.7 Å². The molecule has 1 fully saturated rings. The molecule has 0 bridgehead atoms. The molecule has 1 aromatic rings. The number of rotatable bonds is 5. The minimum Gasteiger partial charge on any atom is -0.319 e. The number of benzene rings is 1. The van der Waals surface area contributed by atoms with Gasteiger partial charge in [0.05, 0.1) is 4.92 Å². The van der Waals surface area contributed by atoms with E-state index in [2.05, 4.69) is 10.2 Å². The fraction of sp³-hybridized carbons (Fsp3) is 0.571. The van der Waals surface area contributed by atoms with Crippen molar-refractivity contribution in [3.8, 4) is 0 Å². The number of likely N-dealkylation sites (tertiary alicyclic amines) is 1. The lowest BCUT2D eigenvalue weighted by Crippen LogP contribution is -2.38. The zero-order valence-corrected chi connectivity index (χ0v) is 12.6. The van der Waals surface area contributed by atoms with Crippen LogP contribution >= 0.6 is 12.4 Å². The van der Waals surface area contributed by atoms with Gasteiger partial charge in [0, 0.05) is 25.2 Å². The normalized spacial score (nSPS) is 19.4. The number of nitrogens with one attached hydrogen (secondary N) is 1. The second-order valence-corrected chi connectivity index (χ2v) is 5.23. The number of nitrogens with zero attached hydrogens (tertiary/aromatic N) is 2. The first-order valence-corrected chi connectivity index (χ1v) is 6.79. The highest BCUT2D eigenvalue weighted by atomic mass is 35.5. The van der Waals surface area contributed by atoms with Gasteiger partial charge >= 0.3 is 0 Å². The van der Waals surface area contributed by atoms with Crippen molar-refractivity contribution < 1.29 is 4.92 Å². The molecule has 0 amide bonds. The van der Waals surface area contributed by atoms with Crippen LogP contribution in [-0.2, 0) is 6.54 Å². The summed E-state index contributed by atoms with van der Waals surface area (Å²) in [5.74, 6) is 0.692. The van der Waals surface area contributed by atoms with Gasteiger partial charge < -0.3 is 5.32 Å². The molecule has 0 aromatic heterocycles. The zero-order valence-electron chi connectivity index (χ0n) is 11.7. The lowest BCUT2D eigenvalue weighted by Gasteiger charge is -2.32. The maximum absolute atomic E-state index is 10.8. The molecule has 1 N–H and O–H groups in total. The first-order valence-electron chi connectivity index (χ1n) is 6.79. The molecule has 1 aliphatic heterocycles. The van der Waals surface area contributed by atoms with E-state index < -0.39 is 0 Å².